The van der Waals surface area contributed by atoms with Crippen LogP contribution in [0.2, 0.25) is 0 Å². The van der Waals surface area contributed by atoms with E-state index >= 15 is 0 Å². The van der Waals surface area contributed by atoms with Crippen molar-refractivity contribution in [2.24, 2.45) is 0 Å². The van der Waals surface area contributed by atoms with Crippen molar-refractivity contribution in [3.8, 4) is 10.1 Å². The molecule has 1 atom stereocenters. The first-order valence-corrected chi connectivity index (χ1v) is 8.19. The second-order valence-electron chi connectivity index (χ2n) is 4.26. The van der Waals surface area contributed by atoms with Gasteiger partial charge >= 0.3 is 7.75 Å². The fourth-order valence-electron chi connectivity index (χ4n) is 1.36. The van der Waals surface area contributed by atoms with Crippen LogP contribution in [0.4, 0.5) is 0 Å². The Hall–Kier alpha value is -0.550. The SMILES string of the molecule is CCOc1sc(OP(=O)(O)NC(C)C)c(C)c1C. The summed E-state index contributed by atoms with van der Waals surface area (Å²) in [6.45, 7) is 9.77. The summed E-state index contributed by atoms with van der Waals surface area (Å²) in [5.41, 5.74) is 1.78. The van der Waals surface area contributed by atoms with E-state index in [1.165, 1.54) is 11.3 Å². The topological polar surface area (TPSA) is 67.8 Å². The predicted molar refractivity (Wildman–Crippen MR) is 73.7 cm³/mol. The molecule has 104 valence electrons. The minimum Gasteiger partial charge on any atom is -0.484 e. The monoisotopic (exact) mass is 293 g/mol. The molecule has 1 aromatic heterocycles. The summed E-state index contributed by atoms with van der Waals surface area (Å²) in [4.78, 5) is 9.68. The third kappa shape index (κ3) is 3.99. The molecule has 18 heavy (non-hydrogen) atoms. The van der Waals surface area contributed by atoms with Gasteiger partial charge in [-0.15, -0.1) is 0 Å². The number of hydrogen-bond acceptors (Lipinski definition) is 4. The molecule has 1 aromatic rings. The van der Waals surface area contributed by atoms with Crippen LogP contribution in [0, 0.1) is 13.8 Å². The Labute approximate surface area is 112 Å². The first-order valence-electron chi connectivity index (χ1n) is 5.79. The van der Waals surface area contributed by atoms with E-state index in [1.54, 1.807) is 13.8 Å². The second-order valence-corrected chi connectivity index (χ2v) is 6.68. The lowest BCUT2D eigenvalue weighted by atomic mass is 10.2. The molecular formula is C11H20NO4PS. The number of rotatable bonds is 6. The number of ether oxygens (including phenoxy) is 1. The molecule has 0 aromatic carbocycles. The number of thiophene rings is 1. The minimum absolute atomic E-state index is 0.131. The molecule has 1 unspecified atom stereocenters. The molecule has 0 bridgehead atoms. The lowest BCUT2D eigenvalue weighted by molar-refractivity contribution is 0.348. The Morgan fingerprint density at radius 3 is 2.39 bits per heavy atom. The maximum atomic E-state index is 11.8. The number of hydrogen-bond donors (Lipinski definition) is 2. The summed E-state index contributed by atoms with van der Waals surface area (Å²) < 4.78 is 22.4. The summed E-state index contributed by atoms with van der Waals surface area (Å²) in [5.74, 6) is 0. The Bertz CT molecular complexity index is 458. The van der Waals surface area contributed by atoms with Gasteiger partial charge in [0.1, 0.15) is 0 Å². The fraction of sp³-hybridized carbons (Fsp3) is 0.636. The molecule has 0 aliphatic carbocycles. The molecule has 0 spiro atoms. The number of nitrogens with one attached hydrogen (secondary N) is 1. The van der Waals surface area contributed by atoms with E-state index < -0.39 is 7.75 Å². The van der Waals surface area contributed by atoms with Crippen molar-refractivity contribution in [3.05, 3.63) is 11.1 Å². The smallest absolute Gasteiger partial charge is 0.457 e. The zero-order valence-electron chi connectivity index (χ0n) is 11.3. The Balaban J connectivity index is 2.91. The zero-order valence-corrected chi connectivity index (χ0v) is 13.0. The third-order valence-electron chi connectivity index (χ3n) is 2.26. The van der Waals surface area contributed by atoms with Gasteiger partial charge in [-0.05, 0) is 34.6 Å². The lowest BCUT2D eigenvalue weighted by Gasteiger charge is -2.15. The summed E-state index contributed by atoms with van der Waals surface area (Å²) >= 11 is 1.25. The van der Waals surface area contributed by atoms with Crippen molar-refractivity contribution in [1.29, 1.82) is 0 Å². The van der Waals surface area contributed by atoms with Crippen LogP contribution in [-0.4, -0.2) is 17.5 Å². The molecule has 5 nitrogen and oxygen atoms in total. The van der Waals surface area contributed by atoms with Crippen LogP contribution >= 0.6 is 19.1 Å². The van der Waals surface area contributed by atoms with Gasteiger partial charge in [0.25, 0.3) is 0 Å². The fourth-order valence-corrected chi connectivity index (χ4v) is 3.84. The molecule has 0 aliphatic rings. The molecule has 1 heterocycles. The van der Waals surface area contributed by atoms with Gasteiger partial charge in [-0.2, -0.15) is 0 Å². The van der Waals surface area contributed by atoms with E-state index in [4.69, 9.17) is 9.26 Å². The molecule has 0 fully saturated rings. The van der Waals surface area contributed by atoms with Crippen LogP contribution in [0.25, 0.3) is 0 Å². The largest absolute Gasteiger partial charge is 0.484 e. The maximum absolute atomic E-state index is 11.8. The Morgan fingerprint density at radius 1 is 1.33 bits per heavy atom. The second kappa shape index (κ2) is 6.06. The molecular weight excluding hydrogens is 273 g/mol. The summed E-state index contributed by atoms with van der Waals surface area (Å²) in [6, 6.07) is -0.131. The zero-order chi connectivity index (χ0) is 13.9. The van der Waals surface area contributed by atoms with Crippen LogP contribution in [0.5, 0.6) is 10.1 Å². The van der Waals surface area contributed by atoms with Gasteiger partial charge in [0.05, 0.1) is 6.61 Å². The highest BCUT2D eigenvalue weighted by Crippen LogP contribution is 2.47. The van der Waals surface area contributed by atoms with Crippen molar-refractivity contribution in [2.75, 3.05) is 6.61 Å². The quantitative estimate of drug-likeness (QED) is 0.788. The highest BCUT2D eigenvalue weighted by molar-refractivity contribution is 7.51. The summed E-state index contributed by atoms with van der Waals surface area (Å²) in [7, 11) is -3.82. The van der Waals surface area contributed by atoms with Crippen molar-refractivity contribution < 1.29 is 18.7 Å². The molecule has 2 N–H and O–H groups in total. The van der Waals surface area contributed by atoms with Crippen LogP contribution in [0.15, 0.2) is 0 Å². The summed E-state index contributed by atoms with van der Waals surface area (Å²) in [6.07, 6.45) is 0. The van der Waals surface area contributed by atoms with Crippen LogP contribution in [0.1, 0.15) is 31.9 Å². The molecule has 1 rings (SSSR count). The standard InChI is InChI=1S/C11H20NO4PS/c1-6-15-10-8(4)9(5)11(18-10)16-17(13,14)12-7(2)3/h7H,6H2,1-5H3,(H2,12,13,14). The molecule has 0 saturated heterocycles. The van der Waals surface area contributed by atoms with Gasteiger partial charge in [-0.1, -0.05) is 11.3 Å². The normalized spacial score (nSPS) is 14.6. The van der Waals surface area contributed by atoms with Crippen molar-refractivity contribution in [2.45, 2.75) is 40.7 Å². The van der Waals surface area contributed by atoms with Crippen LogP contribution in [0.3, 0.4) is 0 Å². The average Bonchev–Trinajstić information content (AvgIpc) is 2.45. The third-order valence-corrected chi connectivity index (χ3v) is 4.84. The first kappa shape index (κ1) is 15.5. The molecule has 0 radical (unpaired) electrons. The van der Waals surface area contributed by atoms with Crippen molar-refractivity contribution in [1.82, 2.24) is 5.09 Å². The molecule has 0 amide bonds. The van der Waals surface area contributed by atoms with Gasteiger partial charge in [0.2, 0.25) is 0 Å². The van der Waals surface area contributed by atoms with E-state index in [0.717, 1.165) is 16.2 Å². The maximum Gasteiger partial charge on any atom is 0.457 e. The minimum atomic E-state index is -3.82. The van der Waals surface area contributed by atoms with E-state index in [0.29, 0.717) is 11.7 Å². The van der Waals surface area contributed by atoms with Gasteiger partial charge in [-0.25, -0.2) is 9.65 Å². The first-order chi connectivity index (χ1) is 8.26. The van der Waals surface area contributed by atoms with Gasteiger partial charge in [-0.3, -0.25) is 0 Å². The van der Waals surface area contributed by atoms with E-state index in [9.17, 15) is 9.46 Å². The van der Waals surface area contributed by atoms with Gasteiger partial charge in [0.15, 0.2) is 10.1 Å². The predicted octanol–water partition coefficient (Wildman–Crippen LogP) is 3.24. The highest BCUT2D eigenvalue weighted by Gasteiger charge is 2.25. The van der Waals surface area contributed by atoms with Crippen molar-refractivity contribution >= 4 is 19.1 Å². The van der Waals surface area contributed by atoms with Crippen LogP contribution < -0.4 is 14.3 Å². The van der Waals surface area contributed by atoms with E-state index in [-0.39, 0.29) is 6.04 Å². The van der Waals surface area contributed by atoms with Crippen LogP contribution in [-0.2, 0) is 4.57 Å². The van der Waals surface area contributed by atoms with Crippen molar-refractivity contribution in [3.63, 3.8) is 0 Å². The van der Waals surface area contributed by atoms with Gasteiger partial charge in [0, 0.05) is 17.2 Å². The average molecular weight is 293 g/mol. The van der Waals surface area contributed by atoms with E-state index in [1.807, 2.05) is 20.8 Å². The van der Waals surface area contributed by atoms with E-state index in [2.05, 4.69) is 5.09 Å². The molecule has 0 saturated carbocycles. The highest BCUT2D eigenvalue weighted by atomic mass is 32.1. The molecule has 7 heteroatoms. The summed E-state index contributed by atoms with van der Waals surface area (Å²) in [5, 5.41) is 3.67. The lowest BCUT2D eigenvalue weighted by Crippen LogP contribution is -2.21. The Kier molecular flexibility index (Phi) is 5.22. The Morgan fingerprint density at radius 2 is 1.89 bits per heavy atom. The molecule has 0 aliphatic heterocycles. The van der Waals surface area contributed by atoms with Gasteiger partial charge < -0.3 is 14.2 Å².